The molecule has 0 aliphatic heterocycles. The van der Waals surface area contributed by atoms with Crippen molar-refractivity contribution >= 4 is 53.7 Å². The number of anilines is 2. The van der Waals surface area contributed by atoms with Gasteiger partial charge in [0, 0.05) is 31.1 Å². The fraction of sp³-hybridized carbons (Fsp3) is 0.533. The van der Waals surface area contributed by atoms with Crippen LogP contribution in [0.5, 0.6) is 0 Å². The van der Waals surface area contributed by atoms with E-state index in [9.17, 15) is 4.79 Å². The van der Waals surface area contributed by atoms with E-state index in [4.69, 9.17) is 17.3 Å². The number of halogens is 3. The topological polar surface area (TPSA) is 58.4 Å². The summed E-state index contributed by atoms with van der Waals surface area (Å²) in [6.45, 7) is 0. The first-order chi connectivity index (χ1) is 9.47. The highest BCUT2D eigenvalue weighted by Crippen LogP contribution is 2.30. The molecule has 3 N–H and O–H groups in total. The lowest BCUT2D eigenvalue weighted by Crippen LogP contribution is -2.34. The normalized spacial score (nSPS) is 20.4. The van der Waals surface area contributed by atoms with E-state index >= 15 is 0 Å². The smallest absolute Gasteiger partial charge is 0.227 e. The average molecular weight is 369 g/mol. The Balaban J connectivity index is 0.00000220. The van der Waals surface area contributed by atoms with Crippen molar-refractivity contribution in [3.8, 4) is 0 Å². The molecule has 0 spiro atoms. The quantitative estimate of drug-likeness (QED) is 0.855. The zero-order chi connectivity index (χ0) is 14.7. The second-order valence-electron chi connectivity index (χ2n) is 5.67. The molecule has 22 heavy (non-hydrogen) atoms. The van der Waals surface area contributed by atoms with Crippen LogP contribution in [0, 0.1) is 5.92 Å². The number of hydrogen-bond acceptors (Lipinski definition) is 3. The molecule has 7 heteroatoms. The van der Waals surface area contributed by atoms with Gasteiger partial charge in [0.2, 0.25) is 5.91 Å². The largest absolute Gasteiger partial charge is 0.376 e. The number of rotatable bonds is 3. The van der Waals surface area contributed by atoms with Crippen molar-refractivity contribution < 1.29 is 4.79 Å². The van der Waals surface area contributed by atoms with Crippen LogP contribution in [0.15, 0.2) is 18.2 Å². The number of carbonyl (C=O) groups excluding carboxylic acids is 1. The average Bonchev–Trinajstić information content (AvgIpc) is 2.38. The molecule has 126 valence electrons. The van der Waals surface area contributed by atoms with E-state index < -0.39 is 0 Å². The Labute approximate surface area is 149 Å². The van der Waals surface area contributed by atoms with Crippen LogP contribution in [0.3, 0.4) is 0 Å². The molecule has 2 atom stereocenters. The second kappa shape index (κ2) is 9.46. The van der Waals surface area contributed by atoms with Crippen LogP contribution in [0.25, 0.3) is 0 Å². The summed E-state index contributed by atoms with van der Waals surface area (Å²) in [6.07, 6.45) is 3.72. The maximum Gasteiger partial charge on any atom is 0.227 e. The summed E-state index contributed by atoms with van der Waals surface area (Å²) >= 11 is 6.02. The van der Waals surface area contributed by atoms with Gasteiger partial charge in [0.25, 0.3) is 0 Å². The number of benzene rings is 1. The Hall–Kier alpha value is -0.680. The summed E-state index contributed by atoms with van der Waals surface area (Å²) < 4.78 is 0. The van der Waals surface area contributed by atoms with Crippen LogP contribution in [0.2, 0.25) is 5.02 Å². The monoisotopic (exact) mass is 367 g/mol. The number of hydrogen-bond donors (Lipinski definition) is 2. The van der Waals surface area contributed by atoms with Crippen molar-refractivity contribution in [1.82, 2.24) is 0 Å². The van der Waals surface area contributed by atoms with E-state index in [-0.39, 0.29) is 42.7 Å². The molecule has 1 aromatic carbocycles. The first-order valence-electron chi connectivity index (χ1n) is 7.00. The molecule has 0 heterocycles. The fourth-order valence-corrected chi connectivity index (χ4v) is 2.87. The third kappa shape index (κ3) is 5.51. The van der Waals surface area contributed by atoms with Gasteiger partial charge in [-0.15, -0.1) is 24.8 Å². The molecule has 0 saturated heterocycles. The molecule has 1 amide bonds. The van der Waals surface area contributed by atoms with Crippen LogP contribution in [-0.4, -0.2) is 26.0 Å². The van der Waals surface area contributed by atoms with Crippen LogP contribution in [0.4, 0.5) is 11.4 Å². The van der Waals surface area contributed by atoms with Crippen molar-refractivity contribution in [2.45, 2.75) is 31.7 Å². The summed E-state index contributed by atoms with van der Waals surface area (Å²) in [7, 11) is 3.88. The van der Waals surface area contributed by atoms with Crippen molar-refractivity contribution in [2.24, 2.45) is 11.7 Å². The van der Waals surface area contributed by atoms with E-state index in [0.29, 0.717) is 5.02 Å². The van der Waals surface area contributed by atoms with Gasteiger partial charge in [0.15, 0.2) is 0 Å². The number of amides is 1. The SMILES string of the molecule is CN(C)c1ccc(Cl)cc1NC(=O)C1CCCC(N)C1.Cl.Cl. The summed E-state index contributed by atoms with van der Waals surface area (Å²) in [5.41, 5.74) is 7.65. The van der Waals surface area contributed by atoms with Crippen LogP contribution < -0.4 is 16.0 Å². The Kier molecular flexibility index (Phi) is 9.16. The number of nitrogens with two attached hydrogens (primary N) is 1. The van der Waals surface area contributed by atoms with Crippen LogP contribution >= 0.6 is 36.4 Å². The maximum atomic E-state index is 12.4. The highest BCUT2D eigenvalue weighted by atomic mass is 35.5. The first kappa shape index (κ1) is 21.3. The minimum Gasteiger partial charge on any atom is -0.376 e. The van der Waals surface area contributed by atoms with Crippen molar-refractivity contribution in [2.75, 3.05) is 24.3 Å². The maximum absolute atomic E-state index is 12.4. The molecule has 0 aromatic heterocycles. The molecular weight excluding hydrogens is 345 g/mol. The zero-order valence-corrected chi connectivity index (χ0v) is 15.2. The molecule has 4 nitrogen and oxygen atoms in total. The van der Waals surface area contributed by atoms with Gasteiger partial charge in [-0.25, -0.2) is 0 Å². The second-order valence-corrected chi connectivity index (χ2v) is 6.11. The van der Waals surface area contributed by atoms with Gasteiger partial charge in [0.05, 0.1) is 11.4 Å². The highest BCUT2D eigenvalue weighted by molar-refractivity contribution is 6.31. The molecule has 1 aliphatic carbocycles. The summed E-state index contributed by atoms with van der Waals surface area (Å²) in [5, 5.41) is 3.62. The number of carbonyl (C=O) groups is 1. The molecule has 2 unspecified atom stereocenters. The Morgan fingerprint density at radius 2 is 2.00 bits per heavy atom. The summed E-state index contributed by atoms with van der Waals surface area (Å²) in [5.74, 6) is 0.0539. The first-order valence-corrected chi connectivity index (χ1v) is 7.38. The minimum absolute atomic E-state index is 0. The molecular formula is C15H24Cl3N3O. The highest BCUT2D eigenvalue weighted by Gasteiger charge is 2.25. The Bertz CT molecular complexity index is 497. The van der Waals surface area contributed by atoms with Crippen molar-refractivity contribution in [3.63, 3.8) is 0 Å². The zero-order valence-electron chi connectivity index (χ0n) is 12.8. The van der Waals surface area contributed by atoms with Gasteiger partial charge < -0.3 is 16.0 Å². The lowest BCUT2D eigenvalue weighted by molar-refractivity contribution is -0.120. The summed E-state index contributed by atoms with van der Waals surface area (Å²) in [4.78, 5) is 14.3. The Morgan fingerprint density at radius 1 is 1.32 bits per heavy atom. The van der Waals surface area contributed by atoms with Gasteiger partial charge in [0.1, 0.15) is 0 Å². The molecule has 1 aliphatic rings. The predicted octanol–water partition coefficient (Wildman–Crippen LogP) is 3.71. The molecule has 0 radical (unpaired) electrons. The molecule has 1 aromatic rings. The van der Waals surface area contributed by atoms with E-state index in [0.717, 1.165) is 37.1 Å². The molecule has 0 bridgehead atoms. The van der Waals surface area contributed by atoms with Crippen LogP contribution in [-0.2, 0) is 4.79 Å². The molecule has 2 rings (SSSR count). The summed E-state index contributed by atoms with van der Waals surface area (Å²) in [6, 6.07) is 5.66. The van der Waals surface area contributed by atoms with Gasteiger partial charge in [-0.3, -0.25) is 4.79 Å². The van der Waals surface area contributed by atoms with Crippen molar-refractivity contribution in [3.05, 3.63) is 23.2 Å². The van der Waals surface area contributed by atoms with Crippen molar-refractivity contribution in [1.29, 1.82) is 0 Å². The lowest BCUT2D eigenvalue weighted by atomic mass is 9.85. The van der Waals surface area contributed by atoms with Gasteiger partial charge >= 0.3 is 0 Å². The Morgan fingerprint density at radius 3 is 2.59 bits per heavy atom. The third-order valence-electron chi connectivity index (χ3n) is 3.78. The lowest BCUT2D eigenvalue weighted by Gasteiger charge is -2.26. The standard InChI is InChI=1S/C15H22ClN3O.2ClH/c1-19(2)14-7-6-11(16)9-13(14)18-15(20)10-4-3-5-12(17)8-10;;/h6-7,9-10,12H,3-5,8,17H2,1-2H3,(H,18,20);2*1H. The predicted molar refractivity (Wildman–Crippen MR) is 98.8 cm³/mol. The number of nitrogens with zero attached hydrogens (tertiary/aromatic N) is 1. The van der Waals surface area contributed by atoms with Gasteiger partial charge in [-0.2, -0.15) is 0 Å². The van der Waals surface area contributed by atoms with E-state index in [1.54, 1.807) is 6.07 Å². The molecule has 1 fully saturated rings. The van der Waals surface area contributed by atoms with E-state index in [1.807, 2.05) is 31.1 Å². The minimum atomic E-state index is 0. The van der Waals surface area contributed by atoms with Crippen LogP contribution in [0.1, 0.15) is 25.7 Å². The van der Waals surface area contributed by atoms with E-state index in [1.165, 1.54) is 0 Å². The fourth-order valence-electron chi connectivity index (χ4n) is 2.70. The third-order valence-corrected chi connectivity index (χ3v) is 4.02. The molecule has 1 saturated carbocycles. The van der Waals surface area contributed by atoms with Gasteiger partial charge in [-0.1, -0.05) is 18.0 Å². The van der Waals surface area contributed by atoms with Gasteiger partial charge in [-0.05, 0) is 37.5 Å². The van der Waals surface area contributed by atoms with E-state index in [2.05, 4.69) is 5.32 Å². The number of nitrogens with one attached hydrogen (secondary N) is 1.